The number of unbranched alkanes of at least 4 members (excludes halogenated alkanes) is 18. The molecule has 0 aromatic carbocycles. The third-order valence-corrected chi connectivity index (χ3v) is 9.88. The Labute approximate surface area is 344 Å². The van der Waals surface area contributed by atoms with Crippen molar-refractivity contribution in [1.29, 1.82) is 0 Å². The summed E-state index contributed by atoms with van der Waals surface area (Å²) in [5, 5.41) is 23.6. The van der Waals surface area contributed by atoms with Crippen LogP contribution in [0.1, 0.15) is 194 Å². The molecule has 0 aliphatic carbocycles. The molecular formula is C50H85NO5. The number of carbonyl (C=O) groups is 2. The van der Waals surface area contributed by atoms with Crippen molar-refractivity contribution in [2.75, 3.05) is 6.61 Å². The molecule has 0 aromatic heterocycles. The molecular weight excluding hydrogens is 695 g/mol. The normalized spacial score (nSPS) is 14.2. The molecule has 0 radical (unpaired) electrons. The van der Waals surface area contributed by atoms with E-state index in [1.165, 1.54) is 51.4 Å². The van der Waals surface area contributed by atoms with Gasteiger partial charge < -0.3 is 20.3 Å². The number of aliphatic hydroxyl groups excluding tert-OH is 2. The molecule has 3 N–H and O–H groups in total. The Bertz CT molecular complexity index is 1100. The molecule has 6 nitrogen and oxygen atoms in total. The van der Waals surface area contributed by atoms with Gasteiger partial charge in [0, 0.05) is 6.42 Å². The zero-order valence-electron chi connectivity index (χ0n) is 36.2. The maximum Gasteiger partial charge on any atom is 0.306 e. The van der Waals surface area contributed by atoms with Gasteiger partial charge in [-0.15, -0.1) is 0 Å². The van der Waals surface area contributed by atoms with Crippen LogP contribution in [-0.2, 0) is 14.3 Å². The van der Waals surface area contributed by atoms with Crippen LogP contribution in [0.15, 0.2) is 85.1 Å². The van der Waals surface area contributed by atoms with E-state index in [4.69, 9.17) is 4.74 Å². The Morgan fingerprint density at radius 1 is 0.536 bits per heavy atom. The zero-order chi connectivity index (χ0) is 41.0. The molecule has 0 saturated carbocycles. The fourth-order valence-corrected chi connectivity index (χ4v) is 6.44. The SMILES string of the molecule is CC/C=C/C=C/C=C\CCCCCC(CC(=O)NC(CO)C(O)CCCCCCCCCCCCC)OC(=O)CCCCCCC\C=C/C=C/C=C/C=C/CC. The van der Waals surface area contributed by atoms with Gasteiger partial charge in [-0.3, -0.25) is 9.59 Å². The largest absolute Gasteiger partial charge is 0.462 e. The van der Waals surface area contributed by atoms with E-state index >= 15 is 0 Å². The predicted molar refractivity (Wildman–Crippen MR) is 241 cm³/mol. The van der Waals surface area contributed by atoms with E-state index in [1.807, 2.05) is 30.4 Å². The van der Waals surface area contributed by atoms with Gasteiger partial charge in [-0.05, 0) is 64.2 Å². The van der Waals surface area contributed by atoms with E-state index in [0.29, 0.717) is 19.3 Å². The van der Waals surface area contributed by atoms with Crippen molar-refractivity contribution in [3.63, 3.8) is 0 Å². The number of amides is 1. The summed E-state index contributed by atoms with van der Waals surface area (Å²) in [6.07, 6.45) is 55.0. The van der Waals surface area contributed by atoms with Crippen LogP contribution < -0.4 is 5.32 Å². The second kappa shape index (κ2) is 43.2. The monoisotopic (exact) mass is 780 g/mol. The van der Waals surface area contributed by atoms with Gasteiger partial charge in [-0.1, -0.05) is 202 Å². The molecule has 3 unspecified atom stereocenters. The van der Waals surface area contributed by atoms with Crippen molar-refractivity contribution in [2.24, 2.45) is 0 Å². The first-order valence-corrected chi connectivity index (χ1v) is 22.9. The Hall–Kier alpha value is -2.96. The van der Waals surface area contributed by atoms with Crippen molar-refractivity contribution < 1.29 is 24.5 Å². The number of allylic oxidation sites excluding steroid dienone is 14. The lowest BCUT2D eigenvalue weighted by Crippen LogP contribution is -2.46. The Balaban J connectivity index is 4.68. The van der Waals surface area contributed by atoms with E-state index in [2.05, 4.69) is 80.8 Å². The highest BCUT2D eigenvalue weighted by Gasteiger charge is 2.24. The van der Waals surface area contributed by atoms with Gasteiger partial charge in [0.2, 0.25) is 5.91 Å². The van der Waals surface area contributed by atoms with E-state index in [-0.39, 0.29) is 24.9 Å². The Kier molecular flexibility index (Phi) is 40.9. The maximum atomic E-state index is 13.1. The summed E-state index contributed by atoms with van der Waals surface area (Å²) in [5.74, 6) is -0.546. The second-order valence-corrected chi connectivity index (χ2v) is 15.2. The highest BCUT2D eigenvalue weighted by Crippen LogP contribution is 2.17. The van der Waals surface area contributed by atoms with Crippen LogP contribution in [0.4, 0.5) is 0 Å². The number of hydrogen-bond acceptors (Lipinski definition) is 5. The smallest absolute Gasteiger partial charge is 0.306 e. The zero-order valence-corrected chi connectivity index (χ0v) is 36.2. The molecule has 320 valence electrons. The number of carbonyl (C=O) groups excluding carboxylic acids is 2. The molecule has 0 aliphatic heterocycles. The average molecular weight is 780 g/mol. The summed E-state index contributed by atoms with van der Waals surface area (Å²) >= 11 is 0. The average Bonchev–Trinajstić information content (AvgIpc) is 3.19. The summed E-state index contributed by atoms with van der Waals surface area (Å²) in [6.45, 7) is 6.16. The molecule has 1 amide bonds. The number of hydrogen-bond donors (Lipinski definition) is 3. The molecule has 56 heavy (non-hydrogen) atoms. The fraction of sp³-hybridized carbons (Fsp3) is 0.680. The number of aliphatic hydroxyl groups is 2. The van der Waals surface area contributed by atoms with Gasteiger partial charge in [0.05, 0.1) is 25.2 Å². The first-order valence-electron chi connectivity index (χ1n) is 22.9. The van der Waals surface area contributed by atoms with Gasteiger partial charge in [0.1, 0.15) is 6.10 Å². The summed E-state index contributed by atoms with van der Waals surface area (Å²) < 4.78 is 5.87. The minimum atomic E-state index is -0.803. The summed E-state index contributed by atoms with van der Waals surface area (Å²) in [4.78, 5) is 26.0. The van der Waals surface area contributed by atoms with Gasteiger partial charge in [-0.25, -0.2) is 0 Å². The van der Waals surface area contributed by atoms with Crippen LogP contribution in [0, 0.1) is 0 Å². The number of esters is 1. The van der Waals surface area contributed by atoms with Crippen LogP contribution in [0.5, 0.6) is 0 Å². The topological polar surface area (TPSA) is 95.9 Å². The molecule has 0 fully saturated rings. The predicted octanol–water partition coefficient (Wildman–Crippen LogP) is 13.2. The third-order valence-electron chi connectivity index (χ3n) is 9.88. The summed E-state index contributed by atoms with van der Waals surface area (Å²) in [7, 11) is 0. The molecule has 0 heterocycles. The van der Waals surface area contributed by atoms with Gasteiger partial charge in [0.15, 0.2) is 0 Å². The van der Waals surface area contributed by atoms with Gasteiger partial charge >= 0.3 is 5.97 Å². The van der Waals surface area contributed by atoms with Crippen LogP contribution in [0.25, 0.3) is 0 Å². The van der Waals surface area contributed by atoms with E-state index in [0.717, 1.165) is 96.3 Å². The van der Waals surface area contributed by atoms with E-state index in [9.17, 15) is 19.8 Å². The van der Waals surface area contributed by atoms with Crippen molar-refractivity contribution >= 4 is 11.9 Å². The van der Waals surface area contributed by atoms with Crippen molar-refractivity contribution in [1.82, 2.24) is 5.32 Å². The lowest BCUT2D eigenvalue weighted by atomic mass is 10.0. The van der Waals surface area contributed by atoms with Crippen LogP contribution in [-0.4, -0.2) is 46.9 Å². The molecule has 0 rings (SSSR count). The fourth-order valence-electron chi connectivity index (χ4n) is 6.44. The lowest BCUT2D eigenvalue weighted by molar-refractivity contribution is -0.151. The molecule has 0 aromatic rings. The van der Waals surface area contributed by atoms with Gasteiger partial charge in [0.25, 0.3) is 0 Å². The van der Waals surface area contributed by atoms with Crippen LogP contribution >= 0.6 is 0 Å². The maximum absolute atomic E-state index is 13.1. The molecule has 0 bridgehead atoms. The highest BCUT2D eigenvalue weighted by molar-refractivity contribution is 5.77. The quantitative estimate of drug-likeness (QED) is 0.0328. The minimum Gasteiger partial charge on any atom is -0.462 e. The number of ether oxygens (including phenoxy) is 1. The van der Waals surface area contributed by atoms with Crippen molar-refractivity contribution in [3.8, 4) is 0 Å². The third kappa shape index (κ3) is 37.9. The molecule has 0 spiro atoms. The first-order chi connectivity index (χ1) is 27.5. The highest BCUT2D eigenvalue weighted by atomic mass is 16.5. The Morgan fingerprint density at radius 3 is 1.48 bits per heavy atom. The minimum absolute atomic E-state index is 0.0400. The molecule has 3 atom stereocenters. The van der Waals surface area contributed by atoms with Crippen LogP contribution in [0.2, 0.25) is 0 Å². The van der Waals surface area contributed by atoms with E-state index < -0.39 is 18.2 Å². The first kappa shape index (κ1) is 53.0. The Morgan fingerprint density at radius 2 is 0.964 bits per heavy atom. The number of nitrogens with one attached hydrogen (secondary N) is 1. The van der Waals surface area contributed by atoms with Crippen molar-refractivity contribution in [3.05, 3.63) is 85.1 Å². The lowest BCUT2D eigenvalue weighted by Gasteiger charge is -2.24. The molecule has 0 aliphatic rings. The van der Waals surface area contributed by atoms with Crippen LogP contribution in [0.3, 0.4) is 0 Å². The molecule has 0 saturated heterocycles. The standard InChI is InChI=1S/C50H85NO5/c1-4-7-10-13-16-19-22-23-24-25-28-31-34-37-40-43-50(55)56-46(41-38-35-32-29-26-20-17-14-11-8-5-2)44-49(54)51-47(45-52)48(53)42-39-36-33-30-27-21-18-15-12-9-6-3/h7-8,10-11,13-14,16-17,19-20,22-24,26,46-48,52-53H,4-6,9,12,15,18,21,25,27-45H2,1-3H3,(H,51,54)/b10-7+,11-8+,16-13+,17-14+,22-19+,24-23-,26-20-. The summed E-state index contributed by atoms with van der Waals surface area (Å²) in [5.41, 5.74) is 0. The van der Waals surface area contributed by atoms with E-state index in [1.54, 1.807) is 0 Å². The summed E-state index contributed by atoms with van der Waals surface area (Å²) in [6, 6.07) is -0.720. The second-order valence-electron chi connectivity index (χ2n) is 15.2. The molecule has 6 heteroatoms. The van der Waals surface area contributed by atoms with Crippen molar-refractivity contribution in [2.45, 2.75) is 212 Å². The number of rotatable bonds is 39. The van der Waals surface area contributed by atoms with Gasteiger partial charge in [-0.2, -0.15) is 0 Å².